The van der Waals surface area contributed by atoms with E-state index in [1.54, 1.807) is 11.6 Å². The quantitative estimate of drug-likeness (QED) is 0.648. The average molecular weight is 419 g/mol. The Hall–Kier alpha value is -3.15. The molecule has 1 aliphatic heterocycles. The molecule has 1 aromatic heterocycles. The van der Waals surface area contributed by atoms with Crippen LogP contribution in [0.2, 0.25) is 0 Å². The van der Waals surface area contributed by atoms with E-state index in [2.05, 4.69) is 25.9 Å². The van der Waals surface area contributed by atoms with E-state index in [0.717, 1.165) is 29.9 Å². The molecule has 6 nitrogen and oxygen atoms in total. The minimum Gasteiger partial charge on any atom is -0.339 e. The maximum atomic E-state index is 13.0. The number of amides is 1. The van der Waals surface area contributed by atoms with Gasteiger partial charge in [0.15, 0.2) is 0 Å². The van der Waals surface area contributed by atoms with Gasteiger partial charge in [-0.15, -0.1) is 0 Å². The van der Waals surface area contributed by atoms with Crippen molar-refractivity contribution in [3.8, 4) is 5.69 Å². The van der Waals surface area contributed by atoms with Crippen LogP contribution in [-0.4, -0.2) is 38.2 Å². The molecule has 1 fully saturated rings. The van der Waals surface area contributed by atoms with Crippen molar-refractivity contribution in [1.82, 2.24) is 19.2 Å². The first-order valence-corrected chi connectivity index (χ1v) is 10.9. The van der Waals surface area contributed by atoms with Crippen molar-refractivity contribution in [3.63, 3.8) is 0 Å². The van der Waals surface area contributed by atoms with Gasteiger partial charge in [-0.2, -0.15) is 5.10 Å². The maximum Gasteiger partial charge on any atom is 0.350 e. The Kier molecular flexibility index (Phi) is 5.56. The smallest absolute Gasteiger partial charge is 0.339 e. The molecule has 0 bridgehead atoms. The van der Waals surface area contributed by atoms with Gasteiger partial charge in [-0.25, -0.2) is 14.0 Å². The zero-order chi connectivity index (χ0) is 22.2. The number of carbonyl (C=O) groups excluding carboxylic acids is 1. The molecule has 0 unspecified atom stereocenters. The molecule has 2 heterocycles. The molecule has 4 rings (SSSR count). The summed E-state index contributed by atoms with van der Waals surface area (Å²) in [5.41, 5.74) is 2.70. The highest BCUT2D eigenvalue weighted by atomic mass is 16.2. The minimum atomic E-state index is -0.140. The van der Waals surface area contributed by atoms with Crippen molar-refractivity contribution in [2.75, 3.05) is 13.1 Å². The number of likely N-dealkylation sites (tertiary alicyclic amines) is 1. The minimum absolute atomic E-state index is 0.0666. The molecule has 0 aliphatic carbocycles. The lowest BCUT2D eigenvalue weighted by atomic mass is 9.86. The predicted molar refractivity (Wildman–Crippen MR) is 122 cm³/mol. The third-order valence-corrected chi connectivity index (χ3v) is 6.11. The fraction of sp³-hybridized carbons (Fsp3) is 0.400. The lowest BCUT2D eigenvalue weighted by Gasteiger charge is -2.31. The third kappa shape index (κ3) is 4.20. The molecule has 0 spiro atoms. The number of aryl methyl sites for hydroxylation is 1. The summed E-state index contributed by atoms with van der Waals surface area (Å²) in [5.74, 6) is 0.988. The van der Waals surface area contributed by atoms with Crippen molar-refractivity contribution < 1.29 is 4.79 Å². The molecule has 1 amide bonds. The standard InChI is InChI=1S/C25H30N4O2/c1-25(2,3)20-12-10-19(11-13-20)23(30)28-16-14-18(15-17-28)22-26-27(4)24(31)29(22)21-8-6-5-7-9-21/h5-13,18H,14-17H2,1-4H3. The van der Waals surface area contributed by atoms with Gasteiger partial charge < -0.3 is 4.90 Å². The normalized spacial score (nSPS) is 15.3. The Bertz CT molecular complexity index is 1110. The van der Waals surface area contributed by atoms with Gasteiger partial charge >= 0.3 is 5.69 Å². The average Bonchev–Trinajstić information content (AvgIpc) is 3.08. The second-order valence-electron chi connectivity index (χ2n) is 9.33. The van der Waals surface area contributed by atoms with Crippen LogP contribution >= 0.6 is 0 Å². The summed E-state index contributed by atoms with van der Waals surface area (Å²) in [6, 6.07) is 17.6. The molecule has 0 saturated carbocycles. The second kappa shape index (κ2) is 8.17. The molecule has 3 aromatic rings. The van der Waals surface area contributed by atoms with E-state index in [1.165, 1.54) is 10.2 Å². The summed E-state index contributed by atoms with van der Waals surface area (Å²) in [7, 11) is 1.69. The first-order valence-electron chi connectivity index (χ1n) is 10.9. The SMILES string of the molecule is Cn1nc(C2CCN(C(=O)c3ccc(C(C)(C)C)cc3)CC2)n(-c2ccccc2)c1=O. The van der Waals surface area contributed by atoms with Crippen molar-refractivity contribution in [2.24, 2.45) is 7.05 Å². The van der Waals surface area contributed by atoms with Crippen molar-refractivity contribution in [1.29, 1.82) is 0 Å². The zero-order valence-corrected chi connectivity index (χ0v) is 18.7. The highest BCUT2D eigenvalue weighted by molar-refractivity contribution is 5.94. The van der Waals surface area contributed by atoms with E-state index in [-0.39, 0.29) is 22.9 Å². The molecule has 162 valence electrons. The summed E-state index contributed by atoms with van der Waals surface area (Å²) in [4.78, 5) is 27.6. The van der Waals surface area contributed by atoms with Gasteiger partial charge in [-0.05, 0) is 48.1 Å². The van der Waals surface area contributed by atoms with Crippen molar-refractivity contribution >= 4 is 5.91 Å². The number of benzene rings is 2. The van der Waals surface area contributed by atoms with Crippen LogP contribution in [0, 0.1) is 0 Å². The summed E-state index contributed by atoms with van der Waals surface area (Å²) in [6.45, 7) is 7.82. The highest BCUT2D eigenvalue weighted by Crippen LogP contribution is 2.29. The monoisotopic (exact) mass is 418 g/mol. The molecule has 0 N–H and O–H groups in total. The van der Waals surface area contributed by atoms with Crippen LogP contribution in [0.5, 0.6) is 0 Å². The Labute approximate surface area is 183 Å². The van der Waals surface area contributed by atoms with Gasteiger partial charge in [0.05, 0.1) is 5.69 Å². The van der Waals surface area contributed by atoms with Crippen molar-refractivity contribution in [2.45, 2.75) is 44.9 Å². The summed E-state index contributed by atoms with van der Waals surface area (Å²) in [6.07, 6.45) is 1.57. The summed E-state index contributed by atoms with van der Waals surface area (Å²) in [5, 5.41) is 4.53. The topological polar surface area (TPSA) is 60.1 Å². The van der Waals surface area contributed by atoms with Crippen LogP contribution in [0.15, 0.2) is 59.4 Å². The number of hydrogen-bond acceptors (Lipinski definition) is 3. The Morgan fingerprint density at radius 2 is 1.58 bits per heavy atom. The third-order valence-electron chi connectivity index (χ3n) is 6.11. The lowest BCUT2D eigenvalue weighted by Crippen LogP contribution is -2.38. The van der Waals surface area contributed by atoms with E-state index in [4.69, 9.17) is 0 Å². The summed E-state index contributed by atoms with van der Waals surface area (Å²) < 4.78 is 3.10. The molecule has 0 radical (unpaired) electrons. The fourth-order valence-corrected chi connectivity index (χ4v) is 4.20. The first-order chi connectivity index (χ1) is 14.8. The van der Waals surface area contributed by atoms with E-state index in [1.807, 2.05) is 59.5 Å². The van der Waals surface area contributed by atoms with Gasteiger partial charge in [0.1, 0.15) is 5.82 Å². The van der Waals surface area contributed by atoms with E-state index >= 15 is 0 Å². The van der Waals surface area contributed by atoms with Gasteiger partial charge in [0.2, 0.25) is 0 Å². The molecule has 31 heavy (non-hydrogen) atoms. The molecule has 0 atom stereocenters. The van der Waals surface area contributed by atoms with Crippen LogP contribution in [-0.2, 0) is 12.5 Å². The van der Waals surface area contributed by atoms with Crippen LogP contribution in [0.25, 0.3) is 5.69 Å². The number of piperidine rings is 1. The molecule has 1 saturated heterocycles. The number of nitrogens with zero attached hydrogens (tertiary/aromatic N) is 4. The van der Waals surface area contributed by atoms with Crippen LogP contribution < -0.4 is 5.69 Å². The van der Waals surface area contributed by atoms with E-state index in [9.17, 15) is 9.59 Å². The second-order valence-corrected chi connectivity index (χ2v) is 9.33. The number of para-hydroxylation sites is 1. The highest BCUT2D eigenvalue weighted by Gasteiger charge is 2.29. The number of rotatable bonds is 3. The fourth-order valence-electron chi connectivity index (χ4n) is 4.20. The van der Waals surface area contributed by atoms with Crippen LogP contribution in [0.1, 0.15) is 61.3 Å². The van der Waals surface area contributed by atoms with Crippen LogP contribution in [0.4, 0.5) is 0 Å². The van der Waals surface area contributed by atoms with Gasteiger partial charge in [0.25, 0.3) is 5.91 Å². The molecule has 2 aromatic carbocycles. The largest absolute Gasteiger partial charge is 0.350 e. The Morgan fingerprint density at radius 1 is 0.968 bits per heavy atom. The lowest BCUT2D eigenvalue weighted by molar-refractivity contribution is 0.0710. The predicted octanol–water partition coefficient (Wildman–Crippen LogP) is 3.89. The molecule has 1 aliphatic rings. The number of aromatic nitrogens is 3. The molecule has 6 heteroatoms. The van der Waals surface area contributed by atoms with E-state index in [0.29, 0.717) is 13.1 Å². The Balaban J connectivity index is 1.49. The number of hydrogen-bond donors (Lipinski definition) is 0. The molecular formula is C25H30N4O2. The molecular weight excluding hydrogens is 388 g/mol. The first kappa shape index (κ1) is 21.1. The van der Waals surface area contributed by atoms with Crippen molar-refractivity contribution in [3.05, 3.63) is 82.0 Å². The van der Waals surface area contributed by atoms with Crippen LogP contribution in [0.3, 0.4) is 0 Å². The van der Waals surface area contributed by atoms with E-state index < -0.39 is 0 Å². The number of carbonyl (C=O) groups is 1. The van der Waals surface area contributed by atoms with Gasteiger partial charge in [-0.1, -0.05) is 51.1 Å². The maximum absolute atomic E-state index is 13.0. The van der Waals surface area contributed by atoms with Gasteiger partial charge in [-0.3, -0.25) is 4.79 Å². The summed E-state index contributed by atoms with van der Waals surface area (Å²) >= 11 is 0. The Morgan fingerprint density at radius 3 is 2.16 bits per heavy atom. The van der Waals surface area contributed by atoms with Gasteiger partial charge in [0, 0.05) is 31.6 Å². The zero-order valence-electron chi connectivity index (χ0n) is 18.7.